The Bertz CT molecular complexity index is 405. The van der Waals surface area contributed by atoms with Crippen molar-refractivity contribution in [3.8, 4) is 0 Å². The van der Waals surface area contributed by atoms with Gasteiger partial charge < -0.3 is 19.3 Å². The van der Waals surface area contributed by atoms with Gasteiger partial charge in [-0.3, -0.25) is 0 Å². The normalized spacial score (nSPS) is 19.6. The average molecular weight is 297 g/mol. The molecule has 120 valence electrons. The summed E-state index contributed by atoms with van der Waals surface area (Å²) >= 11 is 0. The average Bonchev–Trinajstić information content (AvgIpc) is 2.97. The maximum absolute atomic E-state index is 5.64. The van der Waals surface area contributed by atoms with Crippen molar-refractivity contribution in [1.29, 1.82) is 0 Å². The highest BCUT2D eigenvalue weighted by molar-refractivity contribution is 4.96. The van der Waals surface area contributed by atoms with E-state index in [4.69, 9.17) is 14.0 Å². The molecule has 1 heterocycles. The van der Waals surface area contributed by atoms with E-state index in [1.165, 1.54) is 32.1 Å². The Morgan fingerprint density at radius 3 is 2.67 bits per heavy atom. The van der Waals surface area contributed by atoms with Crippen LogP contribution in [0.15, 0.2) is 4.52 Å². The number of nitrogens with zero attached hydrogens (tertiary/aromatic N) is 2. The summed E-state index contributed by atoms with van der Waals surface area (Å²) in [5, 5.41) is 7.31. The zero-order valence-electron chi connectivity index (χ0n) is 13.3. The SMILES string of the molecule is CNC(COC)Cc1nc(C(OC)C2CCCCC2)no1. The Kier molecular flexibility index (Phi) is 6.60. The minimum atomic E-state index is -0.0433. The molecule has 6 heteroatoms. The summed E-state index contributed by atoms with van der Waals surface area (Å²) < 4.78 is 16.2. The second-order valence-electron chi connectivity index (χ2n) is 5.75. The summed E-state index contributed by atoms with van der Waals surface area (Å²) in [5.41, 5.74) is 0. The number of ether oxygens (including phenoxy) is 2. The summed E-state index contributed by atoms with van der Waals surface area (Å²) in [6, 6.07) is 0.180. The number of nitrogens with one attached hydrogen (secondary N) is 1. The molecule has 21 heavy (non-hydrogen) atoms. The molecule has 1 aromatic rings. The molecule has 0 aliphatic heterocycles. The van der Waals surface area contributed by atoms with Crippen molar-refractivity contribution in [3.63, 3.8) is 0 Å². The number of hydrogen-bond acceptors (Lipinski definition) is 6. The van der Waals surface area contributed by atoms with Gasteiger partial charge in [0, 0.05) is 26.7 Å². The molecule has 0 aromatic carbocycles. The van der Waals surface area contributed by atoms with Crippen LogP contribution in [0.1, 0.15) is 49.9 Å². The largest absolute Gasteiger partial charge is 0.383 e. The van der Waals surface area contributed by atoms with Crippen molar-refractivity contribution >= 4 is 0 Å². The third-order valence-electron chi connectivity index (χ3n) is 4.27. The highest BCUT2D eigenvalue weighted by Crippen LogP contribution is 2.35. The fraction of sp³-hybridized carbons (Fsp3) is 0.867. The first-order chi connectivity index (χ1) is 10.3. The Balaban J connectivity index is 1.99. The second kappa shape index (κ2) is 8.46. The van der Waals surface area contributed by atoms with E-state index in [1.807, 2.05) is 7.05 Å². The third kappa shape index (κ3) is 4.49. The van der Waals surface area contributed by atoms with Crippen molar-refractivity contribution in [3.05, 3.63) is 11.7 Å². The lowest BCUT2D eigenvalue weighted by Crippen LogP contribution is -2.32. The predicted octanol–water partition coefficient (Wildman–Crippen LogP) is 2.11. The van der Waals surface area contributed by atoms with E-state index in [2.05, 4.69) is 15.5 Å². The second-order valence-corrected chi connectivity index (χ2v) is 5.75. The third-order valence-corrected chi connectivity index (χ3v) is 4.27. The van der Waals surface area contributed by atoms with E-state index in [0.29, 0.717) is 30.7 Å². The Morgan fingerprint density at radius 1 is 1.29 bits per heavy atom. The first-order valence-corrected chi connectivity index (χ1v) is 7.80. The highest BCUT2D eigenvalue weighted by atomic mass is 16.5. The van der Waals surface area contributed by atoms with Crippen LogP contribution in [-0.2, 0) is 15.9 Å². The van der Waals surface area contributed by atoms with E-state index >= 15 is 0 Å². The molecule has 0 bridgehead atoms. The fourth-order valence-corrected chi connectivity index (χ4v) is 3.07. The predicted molar refractivity (Wildman–Crippen MR) is 79.1 cm³/mol. The van der Waals surface area contributed by atoms with Crippen molar-refractivity contribution in [2.24, 2.45) is 5.92 Å². The molecule has 0 radical (unpaired) electrons. The van der Waals surface area contributed by atoms with Gasteiger partial charge in [0.05, 0.1) is 6.61 Å². The number of hydrogen-bond donors (Lipinski definition) is 1. The zero-order valence-corrected chi connectivity index (χ0v) is 13.3. The highest BCUT2D eigenvalue weighted by Gasteiger charge is 2.29. The summed E-state index contributed by atoms with van der Waals surface area (Å²) in [7, 11) is 5.32. The molecule has 1 aromatic heterocycles. The molecule has 1 fully saturated rings. The van der Waals surface area contributed by atoms with Gasteiger partial charge in [-0.1, -0.05) is 24.4 Å². The molecular weight excluding hydrogens is 270 g/mol. The molecule has 2 rings (SSSR count). The molecule has 2 atom stereocenters. The Hall–Kier alpha value is -0.980. The van der Waals surface area contributed by atoms with Crippen LogP contribution in [0.4, 0.5) is 0 Å². The minimum absolute atomic E-state index is 0.0433. The number of methoxy groups -OCH3 is 2. The zero-order chi connectivity index (χ0) is 15.1. The van der Waals surface area contributed by atoms with Crippen molar-refractivity contribution in [2.75, 3.05) is 27.9 Å². The first kappa shape index (κ1) is 16.4. The maximum atomic E-state index is 5.64. The molecule has 1 saturated carbocycles. The van der Waals surface area contributed by atoms with Gasteiger partial charge in [-0.15, -0.1) is 0 Å². The van der Waals surface area contributed by atoms with E-state index in [-0.39, 0.29) is 12.1 Å². The van der Waals surface area contributed by atoms with Crippen LogP contribution in [0.3, 0.4) is 0 Å². The molecule has 1 N–H and O–H groups in total. The summed E-state index contributed by atoms with van der Waals surface area (Å²) in [6.07, 6.45) is 6.86. The van der Waals surface area contributed by atoms with Gasteiger partial charge in [-0.05, 0) is 25.8 Å². The van der Waals surface area contributed by atoms with Crippen molar-refractivity contribution in [1.82, 2.24) is 15.5 Å². The van der Waals surface area contributed by atoms with Crippen LogP contribution in [0.5, 0.6) is 0 Å². The van der Waals surface area contributed by atoms with Gasteiger partial charge in [-0.2, -0.15) is 4.98 Å². The Morgan fingerprint density at radius 2 is 2.05 bits per heavy atom. The molecule has 1 aliphatic carbocycles. The van der Waals surface area contributed by atoms with Crippen LogP contribution >= 0.6 is 0 Å². The summed E-state index contributed by atoms with van der Waals surface area (Å²) in [4.78, 5) is 4.53. The van der Waals surface area contributed by atoms with Crippen molar-refractivity contribution < 1.29 is 14.0 Å². The lowest BCUT2D eigenvalue weighted by atomic mass is 9.85. The van der Waals surface area contributed by atoms with Crippen LogP contribution in [-0.4, -0.2) is 44.1 Å². The van der Waals surface area contributed by atoms with E-state index in [0.717, 1.165) is 0 Å². The summed E-state index contributed by atoms with van der Waals surface area (Å²) in [6.45, 7) is 0.616. The van der Waals surface area contributed by atoms with Gasteiger partial charge >= 0.3 is 0 Å². The summed E-state index contributed by atoms with van der Waals surface area (Å²) in [5.74, 6) is 1.83. The fourth-order valence-electron chi connectivity index (χ4n) is 3.07. The van der Waals surface area contributed by atoms with Crippen LogP contribution in [0.25, 0.3) is 0 Å². The maximum Gasteiger partial charge on any atom is 0.228 e. The van der Waals surface area contributed by atoms with Crippen LogP contribution in [0.2, 0.25) is 0 Å². The molecule has 0 saturated heterocycles. The van der Waals surface area contributed by atoms with Gasteiger partial charge in [0.2, 0.25) is 11.7 Å². The molecule has 2 unspecified atom stereocenters. The van der Waals surface area contributed by atoms with Crippen LogP contribution < -0.4 is 5.32 Å². The van der Waals surface area contributed by atoms with E-state index in [9.17, 15) is 0 Å². The lowest BCUT2D eigenvalue weighted by Gasteiger charge is -2.26. The Labute approximate surface area is 126 Å². The van der Waals surface area contributed by atoms with Gasteiger partial charge in [0.25, 0.3) is 0 Å². The van der Waals surface area contributed by atoms with E-state index < -0.39 is 0 Å². The molecule has 0 spiro atoms. The monoisotopic (exact) mass is 297 g/mol. The van der Waals surface area contributed by atoms with E-state index in [1.54, 1.807) is 14.2 Å². The standard InChI is InChI=1S/C15H27N3O3/c1-16-12(10-19-2)9-13-17-15(18-21-13)14(20-3)11-7-5-4-6-8-11/h11-12,14,16H,4-10H2,1-3H3. The number of likely N-dealkylation sites (N-methyl/N-ethyl adjacent to an activating group) is 1. The first-order valence-electron chi connectivity index (χ1n) is 7.80. The van der Waals surface area contributed by atoms with Gasteiger partial charge in [-0.25, -0.2) is 0 Å². The molecular formula is C15H27N3O3. The topological polar surface area (TPSA) is 69.4 Å². The van der Waals surface area contributed by atoms with Gasteiger partial charge in [0.15, 0.2) is 0 Å². The van der Waals surface area contributed by atoms with Gasteiger partial charge in [0.1, 0.15) is 6.10 Å². The molecule has 0 amide bonds. The number of aromatic nitrogens is 2. The van der Waals surface area contributed by atoms with Crippen LogP contribution in [0, 0.1) is 5.92 Å². The van der Waals surface area contributed by atoms with Crippen molar-refractivity contribution in [2.45, 2.75) is 50.7 Å². The number of rotatable bonds is 8. The quantitative estimate of drug-likeness (QED) is 0.792. The lowest BCUT2D eigenvalue weighted by molar-refractivity contribution is 0.0273. The molecule has 1 aliphatic rings. The minimum Gasteiger partial charge on any atom is -0.383 e. The smallest absolute Gasteiger partial charge is 0.228 e. The molecule has 6 nitrogen and oxygen atoms in total.